The average Bonchev–Trinajstić information content (AvgIpc) is 2.37. The Balaban J connectivity index is -0.0000000701. The van der Waals surface area contributed by atoms with Crippen LogP contribution in [-0.4, -0.2) is 61.1 Å². The molecule has 0 radical (unpaired) electrons. The molecule has 0 aliphatic carbocycles. The van der Waals surface area contributed by atoms with Crippen molar-refractivity contribution in [2.45, 2.75) is 34.6 Å². The highest BCUT2D eigenvalue weighted by molar-refractivity contribution is 5.63. The minimum atomic E-state index is -0.833. The zero-order valence-electron chi connectivity index (χ0n) is 15.4. The number of rotatable bonds is 0. The van der Waals surface area contributed by atoms with Gasteiger partial charge in [0, 0.05) is 34.3 Å². The first kappa shape index (κ1) is 34.2. The first-order valence-electron chi connectivity index (χ1n) is 6.87. The number of phenolic OH excluding ortho intramolecular Hbond substituents is 1. The lowest BCUT2D eigenvalue weighted by molar-refractivity contribution is -0.135. The Morgan fingerprint density at radius 2 is 0.846 bits per heavy atom. The van der Waals surface area contributed by atoms with E-state index in [0.29, 0.717) is 5.75 Å². The van der Waals surface area contributed by atoms with Crippen molar-refractivity contribution in [3.05, 3.63) is 30.3 Å². The van der Waals surface area contributed by atoms with Crippen molar-refractivity contribution in [1.82, 2.24) is 0 Å². The number of aliphatic hydroxyl groups excluding tert-OH is 1. The first-order chi connectivity index (χ1) is 11.7. The zero-order chi connectivity index (χ0) is 22.1. The molecule has 0 atom stereocenters. The van der Waals surface area contributed by atoms with Crippen molar-refractivity contribution >= 4 is 23.9 Å². The summed E-state index contributed by atoms with van der Waals surface area (Å²) in [4.78, 5) is 36.0. The summed E-state index contributed by atoms with van der Waals surface area (Å²) < 4.78 is 0. The van der Waals surface area contributed by atoms with Crippen LogP contribution in [0.25, 0.3) is 0 Å². The molecule has 1 aromatic carbocycles. The largest absolute Gasteiger partial charge is 0.508 e. The summed E-state index contributed by atoms with van der Waals surface area (Å²) in [5.74, 6) is -3.01. The van der Waals surface area contributed by atoms with E-state index in [0.717, 1.165) is 27.7 Å². The summed E-state index contributed by atoms with van der Waals surface area (Å²) in [5, 5.41) is 45.9. The van der Waals surface area contributed by atoms with E-state index in [1.54, 1.807) is 31.2 Å². The highest BCUT2D eigenvalue weighted by Gasteiger charge is 1.74. The molecule has 0 heterocycles. The molecule has 0 aliphatic rings. The van der Waals surface area contributed by atoms with E-state index < -0.39 is 23.9 Å². The van der Waals surface area contributed by atoms with E-state index >= 15 is 0 Å². The summed E-state index contributed by atoms with van der Waals surface area (Å²) in [6, 6.07) is 8.71. The van der Waals surface area contributed by atoms with E-state index in [4.69, 9.17) is 49.8 Å². The number of aromatic hydroxyl groups is 1. The molecule has 1 rings (SSSR count). The molecule has 6 N–H and O–H groups in total. The van der Waals surface area contributed by atoms with Gasteiger partial charge in [0.05, 0.1) is 0 Å². The molecule has 0 saturated carbocycles. The van der Waals surface area contributed by atoms with Crippen LogP contribution in [0.1, 0.15) is 34.6 Å². The number of carboxylic acids is 4. The van der Waals surface area contributed by atoms with E-state index in [1.807, 2.05) is 6.07 Å². The van der Waals surface area contributed by atoms with Gasteiger partial charge in [-0.1, -0.05) is 18.2 Å². The minimum Gasteiger partial charge on any atom is -0.508 e. The van der Waals surface area contributed by atoms with Crippen molar-refractivity contribution in [2.24, 2.45) is 0 Å². The summed E-state index contributed by atoms with van der Waals surface area (Å²) in [5.41, 5.74) is 0. The van der Waals surface area contributed by atoms with Gasteiger partial charge in [-0.05, 0) is 19.1 Å². The maximum absolute atomic E-state index is 9.00. The number of hydrogen-bond acceptors (Lipinski definition) is 6. The molecule has 26 heavy (non-hydrogen) atoms. The van der Waals surface area contributed by atoms with Crippen molar-refractivity contribution in [2.75, 3.05) is 6.61 Å². The first-order valence-corrected chi connectivity index (χ1v) is 6.87. The third-order valence-electron chi connectivity index (χ3n) is 0.756. The Labute approximate surface area is 152 Å². The molecular formula is C16H28O10. The number of phenols is 1. The number of aliphatic carboxylic acids is 4. The van der Waals surface area contributed by atoms with Crippen LogP contribution in [0, 0.1) is 0 Å². The van der Waals surface area contributed by atoms with Crippen LogP contribution in [-0.2, 0) is 19.2 Å². The smallest absolute Gasteiger partial charge is 0.300 e. The van der Waals surface area contributed by atoms with Crippen molar-refractivity contribution in [3.8, 4) is 5.75 Å². The van der Waals surface area contributed by atoms with E-state index in [2.05, 4.69) is 0 Å². The lowest BCUT2D eigenvalue weighted by Gasteiger charge is -1.82. The molecule has 1 aromatic rings. The molecule has 0 aromatic heterocycles. The minimum absolute atomic E-state index is 0.250. The van der Waals surface area contributed by atoms with Gasteiger partial charge < -0.3 is 30.6 Å². The second-order valence-corrected chi connectivity index (χ2v) is 3.73. The Morgan fingerprint density at radius 3 is 0.923 bits per heavy atom. The second kappa shape index (κ2) is 29.8. The third kappa shape index (κ3) is 348. The van der Waals surface area contributed by atoms with Gasteiger partial charge in [-0.15, -0.1) is 0 Å². The van der Waals surface area contributed by atoms with Crippen molar-refractivity contribution in [3.63, 3.8) is 0 Å². The molecule has 0 fully saturated rings. The number of aliphatic hydroxyl groups is 1. The quantitative estimate of drug-likeness (QED) is 0.386. The third-order valence-corrected chi connectivity index (χ3v) is 0.756. The SMILES string of the molecule is CC(=O)O.CC(=O)O.CC(=O)O.CC(=O)O.CCO.Oc1ccccc1. The monoisotopic (exact) mass is 380 g/mol. The molecule has 0 saturated heterocycles. The van der Waals surface area contributed by atoms with Gasteiger partial charge in [0.1, 0.15) is 5.75 Å². The normalized spacial score (nSPS) is 6.85. The standard InChI is InChI=1S/C6H6O.4C2H4O2.C2H6O/c7-6-4-2-1-3-5-6;4*1-2(3)4;1-2-3/h1-5,7H;4*1H3,(H,3,4);3H,2H2,1H3. The van der Waals surface area contributed by atoms with Gasteiger partial charge in [-0.2, -0.15) is 0 Å². The van der Waals surface area contributed by atoms with Crippen LogP contribution in [0.3, 0.4) is 0 Å². The number of hydrogen-bond donors (Lipinski definition) is 6. The van der Waals surface area contributed by atoms with Crippen LogP contribution < -0.4 is 0 Å². The summed E-state index contributed by atoms with van der Waals surface area (Å²) in [6.07, 6.45) is 0. The fourth-order valence-electron chi connectivity index (χ4n) is 0.428. The molecule has 0 amide bonds. The lowest BCUT2D eigenvalue weighted by atomic mass is 10.3. The Bertz CT molecular complexity index is 393. The topological polar surface area (TPSA) is 190 Å². The molecule has 0 spiro atoms. The second-order valence-electron chi connectivity index (χ2n) is 3.73. The predicted octanol–water partition coefficient (Wildman–Crippen LogP) is 1.75. The summed E-state index contributed by atoms with van der Waals surface area (Å²) >= 11 is 0. The summed E-state index contributed by atoms with van der Waals surface area (Å²) in [6.45, 7) is 6.26. The fourth-order valence-corrected chi connectivity index (χ4v) is 0.428. The van der Waals surface area contributed by atoms with Crippen molar-refractivity contribution in [1.29, 1.82) is 0 Å². The molecule has 10 heteroatoms. The summed E-state index contributed by atoms with van der Waals surface area (Å²) in [7, 11) is 0. The number of benzene rings is 1. The van der Waals surface area contributed by atoms with Crippen LogP contribution in [0.2, 0.25) is 0 Å². The predicted molar refractivity (Wildman–Crippen MR) is 94.1 cm³/mol. The average molecular weight is 380 g/mol. The van der Waals surface area contributed by atoms with Crippen LogP contribution in [0.4, 0.5) is 0 Å². The van der Waals surface area contributed by atoms with Gasteiger partial charge in [0.2, 0.25) is 0 Å². The number of para-hydroxylation sites is 1. The number of carboxylic acid groups (broad SMARTS) is 4. The van der Waals surface area contributed by atoms with Gasteiger partial charge in [-0.25, -0.2) is 0 Å². The Hall–Kier alpha value is -3.14. The van der Waals surface area contributed by atoms with Gasteiger partial charge >= 0.3 is 0 Å². The highest BCUT2D eigenvalue weighted by Crippen LogP contribution is 2.02. The lowest BCUT2D eigenvalue weighted by Crippen LogP contribution is -1.78. The Kier molecular flexibility index (Phi) is 39.3. The van der Waals surface area contributed by atoms with Crippen LogP contribution >= 0.6 is 0 Å². The molecule has 152 valence electrons. The fraction of sp³-hybridized carbons (Fsp3) is 0.375. The van der Waals surface area contributed by atoms with Gasteiger partial charge in [0.15, 0.2) is 0 Å². The van der Waals surface area contributed by atoms with Gasteiger partial charge in [0.25, 0.3) is 23.9 Å². The maximum Gasteiger partial charge on any atom is 0.300 e. The van der Waals surface area contributed by atoms with Crippen LogP contribution in [0.5, 0.6) is 5.75 Å². The molecule has 0 unspecified atom stereocenters. The Morgan fingerprint density at radius 1 is 0.692 bits per heavy atom. The van der Waals surface area contributed by atoms with E-state index in [-0.39, 0.29) is 6.61 Å². The van der Waals surface area contributed by atoms with E-state index in [9.17, 15) is 0 Å². The highest BCUT2D eigenvalue weighted by atomic mass is 16.4. The molecule has 0 aliphatic heterocycles. The van der Waals surface area contributed by atoms with E-state index in [1.165, 1.54) is 0 Å². The van der Waals surface area contributed by atoms with Crippen LogP contribution in [0.15, 0.2) is 30.3 Å². The molecular weight excluding hydrogens is 352 g/mol. The number of carbonyl (C=O) groups is 4. The van der Waals surface area contributed by atoms with Gasteiger partial charge in [-0.3, -0.25) is 19.2 Å². The van der Waals surface area contributed by atoms with Crippen molar-refractivity contribution < 1.29 is 49.8 Å². The zero-order valence-corrected chi connectivity index (χ0v) is 15.4. The maximum atomic E-state index is 9.00. The molecule has 10 nitrogen and oxygen atoms in total. The molecule has 0 bridgehead atoms.